The zero-order valence-electron chi connectivity index (χ0n) is 15.5. The summed E-state index contributed by atoms with van der Waals surface area (Å²) in [6.07, 6.45) is 9.09. The molecule has 1 heterocycles. The number of unbranched alkanes of at least 4 members (excludes halogenated alkanes) is 1. The van der Waals surface area contributed by atoms with E-state index in [1.807, 2.05) is 12.2 Å². The second kappa shape index (κ2) is 10.1. The number of carboxylic acid groups (broad SMARTS) is 1. The summed E-state index contributed by atoms with van der Waals surface area (Å²) in [6, 6.07) is 0. The third-order valence-corrected chi connectivity index (χ3v) is 5.27. The van der Waals surface area contributed by atoms with Crippen molar-refractivity contribution in [2.75, 3.05) is 0 Å². The predicted octanol–water partition coefficient (Wildman–Crippen LogP) is 2.38. The maximum Gasteiger partial charge on any atom is 0.303 e. The summed E-state index contributed by atoms with van der Waals surface area (Å²) in [4.78, 5) is 10.5. The van der Waals surface area contributed by atoms with Crippen LogP contribution in [0.3, 0.4) is 0 Å². The molecule has 1 unspecified atom stereocenters. The molecule has 2 fully saturated rings. The van der Waals surface area contributed by atoms with Gasteiger partial charge in [0.1, 0.15) is 6.10 Å². The van der Waals surface area contributed by atoms with Crippen molar-refractivity contribution in [3.8, 4) is 0 Å². The first-order chi connectivity index (χ1) is 12.4. The van der Waals surface area contributed by atoms with E-state index in [1.54, 1.807) is 13.0 Å². The van der Waals surface area contributed by atoms with Gasteiger partial charge >= 0.3 is 5.97 Å². The Bertz CT molecular complexity index is 512. The number of aliphatic hydroxyl groups excluding tert-OH is 3. The SMILES string of the molecule is CC(O)CCC[C@H](O)/C=C/[C@@H]1[C@H]2C/C(=C/CCCC(=O)O)O[C@@H]2C[C@H]1O. The number of allylic oxidation sites excluding steroid dienone is 2. The van der Waals surface area contributed by atoms with Crippen LogP contribution in [0.2, 0.25) is 0 Å². The van der Waals surface area contributed by atoms with E-state index in [1.165, 1.54) is 0 Å². The summed E-state index contributed by atoms with van der Waals surface area (Å²) in [5.41, 5.74) is 0. The lowest BCUT2D eigenvalue weighted by Crippen LogP contribution is -2.18. The molecule has 0 aromatic heterocycles. The van der Waals surface area contributed by atoms with Gasteiger partial charge in [0.2, 0.25) is 0 Å². The van der Waals surface area contributed by atoms with Crippen LogP contribution in [0.25, 0.3) is 0 Å². The molecule has 2 rings (SSSR count). The van der Waals surface area contributed by atoms with Crippen molar-refractivity contribution in [2.24, 2.45) is 11.8 Å². The fourth-order valence-electron chi connectivity index (χ4n) is 3.87. The van der Waals surface area contributed by atoms with E-state index >= 15 is 0 Å². The van der Waals surface area contributed by atoms with E-state index in [0.29, 0.717) is 32.1 Å². The molecule has 148 valence electrons. The molecular formula is C20H32O6. The van der Waals surface area contributed by atoms with Gasteiger partial charge in [0.15, 0.2) is 0 Å². The number of ether oxygens (including phenoxy) is 1. The molecule has 2 aliphatic rings. The molecule has 0 amide bonds. The van der Waals surface area contributed by atoms with Crippen molar-refractivity contribution in [1.82, 2.24) is 0 Å². The predicted molar refractivity (Wildman–Crippen MR) is 97.3 cm³/mol. The van der Waals surface area contributed by atoms with Crippen molar-refractivity contribution in [3.05, 3.63) is 24.0 Å². The molecule has 1 saturated carbocycles. The standard InChI is InChI=1S/C20H32O6/c1-13(21)5-4-6-14(22)9-10-16-17-11-15(7-2-3-8-20(24)25)26-19(17)12-18(16)23/h7,9-10,13-14,16-19,21-23H,2-6,8,11-12H2,1H3,(H,24,25)/b10-9+,15-7-/t13?,14-,16+,17+,18+,19+/m0/s1. The molecule has 6 heteroatoms. The Morgan fingerprint density at radius 1 is 1.31 bits per heavy atom. The third kappa shape index (κ3) is 6.41. The van der Waals surface area contributed by atoms with Gasteiger partial charge in [-0.15, -0.1) is 0 Å². The van der Waals surface area contributed by atoms with Crippen molar-refractivity contribution in [3.63, 3.8) is 0 Å². The minimum Gasteiger partial charge on any atom is -0.495 e. The van der Waals surface area contributed by atoms with Gasteiger partial charge in [0, 0.05) is 31.1 Å². The topological polar surface area (TPSA) is 107 Å². The van der Waals surface area contributed by atoms with E-state index in [2.05, 4.69) is 0 Å². The summed E-state index contributed by atoms with van der Waals surface area (Å²) < 4.78 is 5.92. The quantitative estimate of drug-likeness (QED) is 0.348. The summed E-state index contributed by atoms with van der Waals surface area (Å²) in [6.45, 7) is 1.74. The highest BCUT2D eigenvalue weighted by atomic mass is 16.5. The number of rotatable bonds is 10. The Kier molecular flexibility index (Phi) is 8.13. The third-order valence-electron chi connectivity index (χ3n) is 5.27. The number of aliphatic carboxylic acids is 1. The van der Waals surface area contributed by atoms with Crippen LogP contribution in [0.5, 0.6) is 0 Å². The fraction of sp³-hybridized carbons (Fsp3) is 0.750. The summed E-state index contributed by atoms with van der Waals surface area (Å²) in [7, 11) is 0. The van der Waals surface area contributed by atoms with Crippen molar-refractivity contribution < 1.29 is 30.0 Å². The number of carboxylic acids is 1. The summed E-state index contributed by atoms with van der Waals surface area (Å²) in [5.74, 6) is 0.286. The van der Waals surface area contributed by atoms with Crippen LogP contribution < -0.4 is 0 Å². The van der Waals surface area contributed by atoms with Crippen molar-refractivity contribution >= 4 is 5.97 Å². The number of fused-ring (bicyclic) bond motifs is 1. The molecule has 0 spiro atoms. The lowest BCUT2D eigenvalue weighted by atomic mass is 9.90. The Hall–Kier alpha value is -1.37. The van der Waals surface area contributed by atoms with Crippen LogP contribution >= 0.6 is 0 Å². The minimum atomic E-state index is -0.784. The Morgan fingerprint density at radius 2 is 2.08 bits per heavy atom. The van der Waals surface area contributed by atoms with Crippen LogP contribution in [0, 0.1) is 11.8 Å². The number of aliphatic hydroxyl groups is 3. The highest BCUT2D eigenvalue weighted by Gasteiger charge is 2.46. The van der Waals surface area contributed by atoms with Gasteiger partial charge in [0.25, 0.3) is 0 Å². The molecule has 0 bridgehead atoms. The van der Waals surface area contributed by atoms with Crippen LogP contribution in [0.15, 0.2) is 24.0 Å². The lowest BCUT2D eigenvalue weighted by molar-refractivity contribution is -0.137. The average Bonchev–Trinajstić information content (AvgIpc) is 3.05. The second-order valence-electron chi connectivity index (χ2n) is 7.59. The molecule has 0 aromatic rings. The first-order valence-electron chi connectivity index (χ1n) is 9.66. The maximum absolute atomic E-state index is 10.5. The maximum atomic E-state index is 10.5. The molecule has 6 atom stereocenters. The second-order valence-corrected chi connectivity index (χ2v) is 7.59. The van der Waals surface area contributed by atoms with Crippen molar-refractivity contribution in [1.29, 1.82) is 0 Å². The van der Waals surface area contributed by atoms with Gasteiger partial charge in [0.05, 0.1) is 24.1 Å². The molecule has 1 saturated heterocycles. The van der Waals surface area contributed by atoms with E-state index in [0.717, 1.165) is 18.6 Å². The smallest absolute Gasteiger partial charge is 0.303 e. The average molecular weight is 368 g/mol. The Balaban J connectivity index is 1.81. The first kappa shape index (κ1) is 20.9. The van der Waals surface area contributed by atoms with E-state index in [4.69, 9.17) is 9.84 Å². The highest BCUT2D eigenvalue weighted by molar-refractivity contribution is 5.66. The van der Waals surface area contributed by atoms with Gasteiger partial charge in [-0.3, -0.25) is 4.79 Å². The van der Waals surface area contributed by atoms with Gasteiger partial charge in [-0.05, 0) is 45.1 Å². The van der Waals surface area contributed by atoms with Gasteiger partial charge < -0.3 is 25.2 Å². The van der Waals surface area contributed by atoms with E-state index in [9.17, 15) is 20.1 Å². The molecule has 26 heavy (non-hydrogen) atoms. The molecule has 0 aromatic carbocycles. The number of carbonyl (C=O) groups is 1. The Labute approximate surface area is 155 Å². The summed E-state index contributed by atoms with van der Waals surface area (Å²) >= 11 is 0. The lowest BCUT2D eigenvalue weighted by Gasteiger charge is -2.16. The number of hydrogen-bond acceptors (Lipinski definition) is 5. The largest absolute Gasteiger partial charge is 0.495 e. The van der Waals surface area contributed by atoms with Gasteiger partial charge in [-0.1, -0.05) is 12.2 Å². The van der Waals surface area contributed by atoms with Gasteiger partial charge in [-0.25, -0.2) is 0 Å². The summed E-state index contributed by atoms with van der Waals surface area (Å²) in [5, 5.41) is 38.3. The molecule has 1 aliphatic carbocycles. The fourth-order valence-corrected chi connectivity index (χ4v) is 3.87. The first-order valence-corrected chi connectivity index (χ1v) is 9.66. The monoisotopic (exact) mass is 368 g/mol. The normalized spacial score (nSPS) is 31.9. The van der Waals surface area contributed by atoms with Crippen LogP contribution in [0.4, 0.5) is 0 Å². The molecule has 6 nitrogen and oxygen atoms in total. The van der Waals surface area contributed by atoms with Crippen LogP contribution in [-0.2, 0) is 9.53 Å². The molecule has 0 radical (unpaired) electrons. The molecular weight excluding hydrogens is 336 g/mol. The minimum absolute atomic E-state index is 0.00208. The van der Waals surface area contributed by atoms with Gasteiger partial charge in [-0.2, -0.15) is 0 Å². The molecule has 1 aliphatic heterocycles. The highest BCUT2D eigenvalue weighted by Crippen LogP contribution is 2.45. The zero-order valence-corrected chi connectivity index (χ0v) is 15.5. The Morgan fingerprint density at radius 3 is 2.77 bits per heavy atom. The van der Waals surface area contributed by atoms with Crippen LogP contribution in [0.1, 0.15) is 58.3 Å². The van der Waals surface area contributed by atoms with E-state index in [-0.39, 0.29) is 30.5 Å². The van der Waals surface area contributed by atoms with E-state index < -0.39 is 18.2 Å². The number of hydrogen-bond donors (Lipinski definition) is 4. The molecule has 4 N–H and O–H groups in total. The zero-order chi connectivity index (χ0) is 19.1. The van der Waals surface area contributed by atoms with Crippen LogP contribution in [-0.4, -0.2) is 50.8 Å². The van der Waals surface area contributed by atoms with Crippen molar-refractivity contribution in [2.45, 2.75) is 82.7 Å².